The zero-order valence-electron chi connectivity index (χ0n) is 22.6. The number of hydrogen-bond donors (Lipinski definition) is 0. The molecular formula is C30H45N5. The van der Waals surface area contributed by atoms with E-state index in [0.29, 0.717) is 0 Å². The van der Waals surface area contributed by atoms with Crippen LogP contribution in [0.3, 0.4) is 0 Å². The van der Waals surface area contributed by atoms with Crippen LogP contribution >= 0.6 is 0 Å². The summed E-state index contributed by atoms with van der Waals surface area (Å²) in [6.45, 7) is 17.4. The van der Waals surface area contributed by atoms with Crippen molar-refractivity contribution < 1.29 is 0 Å². The van der Waals surface area contributed by atoms with E-state index >= 15 is 0 Å². The van der Waals surface area contributed by atoms with Gasteiger partial charge in [-0.05, 0) is 83.3 Å². The number of rotatable bonds is 15. The molecule has 3 aromatic rings. The summed E-state index contributed by atoms with van der Waals surface area (Å²) in [4.78, 5) is 14.6. The van der Waals surface area contributed by atoms with Gasteiger partial charge in [0.1, 0.15) is 5.82 Å². The molecule has 1 aromatic carbocycles. The Kier molecular flexibility index (Phi) is 11.0. The van der Waals surface area contributed by atoms with Gasteiger partial charge in [-0.15, -0.1) is 0 Å². The monoisotopic (exact) mass is 475 g/mol. The van der Waals surface area contributed by atoms with Crippen molar-refractivity contribution in [1.29, 1.82) is 0 Å². The number of aromatic nitrogens is 3. The average Bonchev–Trinajstić information content (AvgIpc) is 3.32. The first-order valence-corrected chi connectivity index (χ1v) is 13.4. The van der Waals surface area contributed by atoms with Crippen LogP contribution in [0.15, 0.2) is 55.0 Å². The lowest BCUT2D eigenvalue weighted by atomic mass is 10.1. The molecule has 190 valence electrons. The average molecular weight is 476 g/mol. The third-order valence-electron chi connectivity index (χ3n) is 6.72. The second-order valence-electron chi connectivity index (χ2n) is 9.92. The van der Waals surface area contributed by atoms with E-state index in [0.717, 1.165) is 31.2 Å². The smallest absolute Gasteiger partial charge is 0.125 e. The molecule has 0 aliphatic heterocycles. The van der Waals surface area contributed by atoms with Crippen molar-refractivity contribution in [2.75, 3.05) is 19.6 Å². The molecule has 0 spiro atoms. The van der Waals surface area contributed by atoms with E-state index in [4.69, 9.17) is 9.97 Å². The van der Waals surface area contributed by atoms with Gasteiger partial charge in [0.05, 0.1) is 11.7 Å². The fourth-order valence-corrected chi connectivity index (χ4v) is 4.68. The van der Waals surface area contributed by atoms with Crippen molar-refractivity contribution in [2.24, 2.45) is 0 Å². The maximum absolute atomic E-state index is 4.81. The predicted molar refractivity (Wildman–Crippen MR) is 146 cm³/mol. The van der Waals surface area contributed by atoms with E-state index in [1.54, 1.807) is 0 Å². The van der Waals surface area contributed by atoms with Crippen molar-refractivity contribution in [2.45, 2.75) is 86.0 Å². The molecule has 35 heavy (non-hydrogen) atoms. The Morgan fingerprint density at radius 2 is 1.54 bits per heavy atom. The van der Waals surface area contributed by atoms with E-state index in [-0.39, 0.29) is 6.04 Å². The lowest BCUT2D eigenvalue weighted by molar-refractivity contribution is 0.178. The zero-order valence-corrected chi connectivity index (χ0v) is 22.6. The molecule has 0 fully saturated rings. The summed E-state index contributed by atoms with van der Waals surface area (Å²) >= 11 is 0. The molecule has 0 bridgehead atoms. The Bertz CT molecular complexity index is 923. The fourth-order valence-electron chi connectivity index (χ4n) is 4.68. The van der Waals surface area contributed by atoms with Gasteiger partial charge in [-0.25, -0.2) is 4.98 Å². The Labute approximate surface area is 213 Å². The molecule has 1 unspecified atom stereocenters. The maximum atomic E-state index is 4.81. The van der Waals surface area contributed by atoms with Crippen molar-refractivity contribution in [3.63, 3.8) is 0 Å². The number of aryl methyl sites for hydroxylation is 3. The second-order valence-corrected chi connectivity index (χ2v) is 9.92. The van der Waals surface area contributed by atoms with Gasteiger partial charge >= 0.3 is 0 Å². The first-order chi connectivity index (χ1) is 17.0. The second kappa shape index (κ2) is 14.2. The van der Waals surface area contributed by atoms with Crippen LogP contribution in [0.1, 0.15) is 80.7 Å². The Morgan fingerprint density at radius 1 is 0.829 bits per heavy atom. The minimum atomic E-state index is 0.186. The summed E-state index contributed by atoms with van der Waals surface area (Å²) in [5, 5.41) is 0. The minimum absolute atomic E-state index is 0.186. The molecule has 2 aromatic heterocycles. The van der Waals surface area contributed by atoms with Crippen LogP contribution in [0, 0.1) is 13.8 Å². The third kappa shape index (κ3) is 8.59. The third-order valence-corrected chi connectivity index (χ3v) is 6.72. The first kappa shape index (κ1) is 27.1. The van der Waals surface area contributed by atoms with Gasteiger partial charge in [0.15, 0.2) is 0 Å². The van der Waals surface area contributed by atoms with Crippen molar-refractivity contribution in [1.82, 2.24) is 24.3 Å². The molecule has 0 aliphatic rings. The standard InChI is InChI=1S/C30H45N5/c1-6-17-33(18-7-2)19-8-9-20-34-21-16-31-30(34)27(5)35(23-28-13-10-25(3)11-14-28)24-29-15-12-26(4)22-32-29/h10-16,21-22,27H,6-9,17-20,23-24H2,1-5H3. The number of unbranched alkanes of at least 4 members (excludes halogenated alkanes) is 1. The fraction of sp³-hybridized carbons (Fsp3) is 0.533. The van der Waals surface area contributed by atoms with E-state index in [1.807, 2.05) is 12.4 Å². The Hall–Kier alpha value is -2.50. The van der Waals surface area contributed by atoms with E-state index in [9.17, 15) is 0 Å². The number of benzene rings is 1. The summed E-state index contributed by atoms with van der Waals surface area (Å²) in [6, 6.07) is 13.4. The predicted octanol–water partition coefficient (Wildman–Crippen LogP) is 6.56. The van der Waals surface area contributed by atoms with E-state index in [2.05, 4.69) is 91.6 Å². The number of hydrogen-bond acceptors (Lipinski definition) is 4. The lowest BCUT2D eigenvalue weighted by Gasteiger charge is -2.29. The number of nitrogens with zero attached hydrogens (tertiary/aromatic N) is 5. The zero-order chi connectivity index (χ0) is 25.0. The summed E-state index contributed by atoms with van der Waals surface area (Å²) in [5.74, 6) is 1.14. The topological polar surface area (TPSA) is 37.2 Å². The van der Waals surface area contributed by atoms with Gasteiger partial charge in [-0.3, -0.25) is 9.88 Å². The highest BCUT2D eigenvalue weighted by Crippen LogP contribution is 2.24. The Morgan fingerprint density at radius 3 is 2.20 bits per heavy atom. The van der Waals surface area contributed by atoms with Gasteiger partial charge < -0.3 is 9.47 Å². The first-order valence-electron chi connectivity index (χ1n) is 13.4. The molecule has 2 heterocycles. The van der Waals surface area contributed by atoms with E-state index < -0.39 is 0 Å². The van der Waals surface area contributed by atoms with E-state index in [1.165, 1.54) is 62.0 Å². The SMILES string of the molecule is CCCN(CCC)CCCCn1ccnc1C(C)N(Cc1ccc(C)cc1)Cc1ccc(C)cn1. The van der Waals surface area contributed by atoms with Crippen LogP contribution in [0.5, 0.6) is 0 Å². The molecule has 1 atom stereocenters. The van der Waals surface area contributed by atoms with Gasteiger partial charge in [0, 0.05) is 38.2 Å². The molecule has 0 aliphatic carbocycles. The minimum Gasteiger partial charge on any atom is -0.334 e. The van der Waals surface area contributed by atoms with Gasteiger partial charge in [-0.1, -0.05) is 49.7 Å². The van der Waals surface area contributed by atoms with Crippen LogP contribution in [-0.2, 0) is 19.6 Å². The summed E-state index contributed by atoms with van der Waals surface area (Å²) in [6.07, 6.45) is 10.9. The number of pyridine rings is 1. The molecule has 0 saturated carbocycles. The summed E-state index contributed by atoms with van der Waals surface area (Å²) in [7, 11) is 0. The highest BCUT2D eigenvalue weighted by molar-refractivity contribution is 5.22. The molecule has 5 nitrogen and oxygen atoms in total. The maximum Gasteiger partial charge on any atom is 0.125 e. The largest absolute Gasteiger partial charge is 0.334 e. The Balaban J connectivity index is 1.68. The van der Waals surface area contributed by atoms with Crippen LogP contribution in [-0.4, -0.2) is 44.0 Å². The lowest BCUT2D eigenvalue weighted by Crippen LogP contribution is -2.29. The molecule has 0 saturated heterocycles. The molecule has 0 radical (unpaired) electrons. The highest BCUT2D eigenvalue weighted by Gasteiger charge is 2.21. The van der Waals surface area contributed by atoms with Crippen molar-refractivity contribution >= 4 is 0 Å². The summed E-state index contributed by atoms with van der Waals surface area (Å²) < 4.78 is 2.36. The van der Waals surface area contributed by atoms with Gasteiger partial charge in [0.25, 0.3) is 0 Å². The van der Waals surface area contributed by atoms with Crippen LogP contribution in [0.2, 0.25) is 0 Å². The van der Waals surface area contributed by atoms with Crippen LogP contribution < -0.4 is 0 Å². The molecular weight excluding hydrogens is 430 g/mol. The van der Waals surface area contributed by atoms with Crippen molar-refractivity contribution in [3.8, 4) is 0 Å². The molecule has 0 N–H and O–H groups in total. The van der Waals surface area contributed by atoms with Crippen LogP contribution in [0.25, 0.3) is 0 Å². The molecule has 5 heteroatoms. The van der Waals surface area contributed by atoms with Gasteiger partial charge in [0.2, 0.25) is 0 Å². The quantitative estimate of drug-likeness (QED) is 0.233. The summed E-state index contributed by atoms with van der Waals surface area (Å²) in [5.41, 5.74) is 4.90. The van der Waals surface area contributed by atoms with Crippen molar-refractivity contribution in [3.05, 3.63) is 83.2 Å². The van der Waals surface area contributed by atoms with Gasteiger partial charge in [-0.2, -0.15) is 0 Å². The molecule has 3 rings (SSSR count). The van der Waals surface area contributed by atoms with Crippen LogP contribution in [0.4, 0.5) is 0 Å². The number of imidazole rings is 1. The highest BCUT2D eigenvalue weighted by atomic mass is 15.2. The molecule has 0 amide bonds. The normalized spacial score (nSPS) is 12.5.